The van der Waals surface area contributed by atoms with Gasteiger partial charge in [-0.3, -0.25) is 0 Å². The molecule has 2 aromatic rings. The summed E-state index contributed by atoms with van der Waals surface area (Å²) in [5, 5.41) is -0.0247. The summed E-state index contributed by atoms with van der Waals surface area (Å²) in [6.07, 6.45) is -4.55. The van der Waals surface area contributed by atoms with Crippen molar-refractivity contribution in [1.82, 2.24) is 0 Å². The Bertz CT molecular complexity index is 520. The van der Waals surface area contributed by atoms with Crippen molar-refractivity contribution in [3.05, 3.63) is 35.0 Å². The van der Waals surface area contributed by atoms with Gasteiger partial charge >= 0.3 is 6.18 Å². The number of furan rings is 1. The van der Waals surface area contributed by atoms with Crippen LogP contribution in [-0.2, 0) is 0 Å². The molecule has 1 atom stereocenters. The third-order valence-corrected chi connectivity index (χ3v) is 2.53. The molecule has 16 heavy (non-hydrogen) atoms. The number of benzene rings is 1. The number of nitrogens with two attached hydrogens (primary N) is 1. The van der Waals surface area contributed by atoms with E-state index in [1.807, 2.05) is 0 Å². The second-order valence-corrected chi connectivity index (χ2v) is 3.65. The molecule has 1 aromatic heterocycles. The molecule has 0 saturated heterocycles. The van der Waals surface area contributed by atoms with Crippen LogP contribution in [0.5, 0.6) is 0 Å². The summed E-state index contributed by atoms with van der Waals surface area (Å²) < 4.78 is 42.5. The zero-order chi connectivity index (χ0) is 11.9. The molecule has 6 heteroatoms. The van der Waals surface area contributed by atoms with Crippen LogP contribution in [0.3, 0.4) is 0 Å². The smallest absolute Gasteiger partial charge is 0.407 e. The number of hydrogen-bond donors (Lipinski definition) is 1. The van der Waals surface area contributed by atoms with Gasteiger partial charge in [-0.25, -0.2) is 0 Å². The second kappa shape index (κ2) is 3.68. The number of fused-ring (bicyclic) bond motifs is 1. The highest BCUT2D eigenvalue weighted by Gasteiger charge is 2.41. The first-order valence-electron chi connectivity index (χ1n) is 4.40. The maximum atomic E-state index is 12.5. The topological polar surface area (TPSA) is 39.2 Å². The molecule has 1 unspecified atom stereocenters. The van der Waals surface area contributed by atoms with Crippen LogP contribution in [0.4, 0.5) is 13.2 Å². The van der Waals surface area contributed by atoms with Crippen LogP contribution in [0.25, 0.3) is 11.0 Å². The minimum absolute atomic E-state index is 0.218. The van der Waals surface area contributed by atoms with E-state index in [1.54, 1.807) is 12.1 Å². The number of rotatable bonds is 1. The lowest BCUT2D eigenvalue weighted by Gasteiger charge is -2.14. The molecule has 1 aromatic carbocycles. The molecule has 0 aliphatic heterocycles. The van der Waals surface area contributed by atoms with Crippen molar-refractivity contribution in [2.75, 3.05) is 0 Å². The number of para-hydroxylation sites is 1. The van der Waals surface area contributed by atoms with Crippen LogP contribution in [0.2, 0.25) is 5.22 Å². The lowest BCUT2D eigenvalue weighted by atomic mass is 10.1. The van der Waals surface area contributed by atoms with E-state index in [0.717, 1.165) is 0 Å². The fourth-order valence-electron chi connectivity index (χ4n) is 1.49. The summed E-state index contributed by atoms with van der Waals surface area (Å²) in [4.78, 5) is 0. The highest BCUT2D eigenvalue weighted by molar-refractivity contribution is 6.31. The predicted molar refractivity (Wildman–Crippen MR) is 54.2 cm³/mol. The minimum atomic E-state index is -4.55. The van der Waals surface area contributed by atoms with Crippen LogP contribution >= 0.6 is 11.6 Å². The zero-order valence-corrected chi connectivity index (χ0v) is 8.64. The summed E-state index contributed by atoms with van der Waals surface area (Å²) in [6.45, 7) is 0. The molecule has 0 amide bonds. The molecule has 2 rings (SSSR count). The minimum Gasteiger partial charge on any atom is -0.444 e. The fourth-order valence-corrected chi connectivity index (χ4v) is 1.79. The van der Waals surface area contributed by atoms with E-state index in [2.05, 4.69) is 0 Å². The van der Waals surface area contributed by atoms with Gasteiger partial charge in [0, 0.05) is 10.9 Å². The zero-order valence-electron chi connectivity index (χ0n) is 7.88. The van der Waals surface area contributed by atoms with Gasteiger partial charge < -0.3 is 10.2 Å². The highest BCUT2D eigenvalue weighted by atomic mass is 35.5. The van der Waals surface area contributed by atoms with Gasteiger partial charge in [-0.2, -0.15) is 13.2 Å². The van der Waals surface area contributed by atoms with Crippen molar-refractivity contribution in [1.29, 1.82) is 0 Å². The molecule has 2 N–H and O–H groups in total. The van der Waals surface area contributed by atoms with Crippen LogP contribution in [-0.4, -0.2) is 6.18 Å². The first-order chi connectivity index (χ1) is 7.41. The second-order valence-electron chi connectivity index (χ2n) is 3.30. The van der Waals surface area contributed by atoms with Crippen LogP contribution in [0, 0.1) is 0 Å². The van der Waals surface area contributed by atoms with Crippen molar-refractivity contribution in [2.24, 2.45) is 5.73 Å². The van der Waals surface area contributed by atoms with Crippen molar-refractivity contribution < 1.29 is 17.6 Å². The van der Waals surface area contributed by atoms with Gasteiger partial charge in [0.15, 0.2) is 5.22 Å². The van der Waals surface area contributed by atoms with E-state index in [0.29, 0.717) is 5.58 Å². The summed E-state index contributed by atoms with van der Waals surface area (Å²) in [5.41, 5.74) is 5.19. The average molecular weight is 250 g/mol. The Hall–Kier alpha value is -1.20. The van der Waals surface area contributed by atoms with Gasteiger partial charge in [-0.15, -0.1) is 0 Å². The Morgan fingerprint density at radius 3 is 2.50 bits per heavy atom. The number of halogens is 4. The Morgan fingerprint density at radius 2 is 1.88 bits per heavy atom. The highest BCUT2D eigenvalue weighted by Crippen LogP contribution is 2.40. The molecule has 0 spiro atoms. The lowest BCUT2D eigenvalue weighted by Crippen LogP contribution is -2.28. The van der Waals surface area contributed by atoms with Crippen LogP contribution < -0.4 is 5.73 Å². The Morgan fingerprint density at radius 1 is 1.25 bits per heavy atom. The normalized spacial score (nSPS) is 14.3. The van der Waals surface area contributed by atoms with E-state index in [-0.39, 0.29) is 16.2 Å². The predicted octanol–water partition coefficient (Wildman–Crippen LogP) is 3.65. The molecular formula is C10H7ClF3NO. The molecule has 0 aliphatic rings. The van der Waals surface area contributed by atoms with Gasteiger partial charge in [0.25, 0.3) is 0 Å². The van der Waals surface area contributed by atoms with E-state index in [9.17, 15) is 13.2 Å². The van der Waals surface area contributed by atoms with Crippen molar-refractivity contribution in [3.8, 4) is 0 Å². The van der Waals surface area contributed by atoms with E-state index < -0.39 is 12.2 Å². The third-order valence-electron chi connectivity index (χ3n) is 2.25. The summed E-state index contributed by atoms with van der Waals surface area (Å²) in [6, 6.07) is 4.13. The van der Waals surface area contributed by atoms with E-state index >= 15 is 0 Å². The Kier molecular flexibility index (Phi) is 2.59. The molecule has 0 saturated carbocycles. The van der Waals surface area contributed by atoms with E-state index in [1.165, 1.54) is 12.1 Å². The molecule has 2 nitrogen and oxygen atoms in total. The molecular weight excluding hydrogens is 243 g/mol. The summed E-state index contributed by atoms with van der Waals surface area (Å²) in [7, 11) is 0. The van der Waals surface area contributed by atoms with Crippen LogP contribution in [0.1, 0.15) is 11.6 Å². The molecule has 86 valence electrons. The van der Waals surface area contributed by atoms with Gasteiger partial charge in [-0.1, -0.05) is 18.2 Å². The first-order valence-corrected chi connectivity index (χ1v) is 4.78. The molecule has 1 heterocycles. The van der Waals surface area contributed by atoms with Gasteiger partial charge in [0.2, 0.25) is 0 Å². The summed E-state index contributed by atoms with van der Waals surface area (Å²) in [5.74, 6) is 0. The van der Waals surface area contributed by atoms with Crippen molar-refractivity contribution in [3.63, 3.8) is 0 Å². The Balaban J connectivity index is 2.64. The van der Waals surface area contributed by atoms with Gasteiger partial charge in [-0.05, 0) is 17.7 Å². The Labute approximate surface area is 93.8 Å². The maximum Gasteiger partial charge on any atom is 0.407 e. The summed E-state index contributed by atoms with van der Waals surface area (Å²) >= 11 is 5.62. The molecule has 0 radical (unpaired) electrons. The molecule has 0 aliphatic carbocycles. The largest absolute Gasteiger partial charge is 0.444 e. The lowest BCUT2D eigenvalue weighted by molar-refractivity contribution is -0.149. The van der Waals surface area contributed by atoms with Crippen LogP contribution in [0.15, 0.2) is 28.7 Å². The average Bonchev–Trinajstić information content (AvgIpc) is 2.51. The third kappa shape index (κ3) is 1.76. The van der Waals surface area contributed by atoms with Gasteiger partial charge in [0.05, 0.1) is 0 Å². The fraction of sp³-hybridized carbons (Fsp3) is 0.200. The molecule has 0 bridgehead atoms. The first kappa shape index (κ1) is 11.3. The quantitative estimate of drug-likeness (QED) is 0.838. The monoisotopic (exact) mass is 249 g/mol. The van der Waals surface area contributed by atoms with E-state index in [4.69, 9.17) is 21.8 Å². The SMILES string of the molecule is NC(c1c(Cl)oc2ccccc12)C(F)(F)F. The molecule has 0 fully saturated rings. The van der Waals surface area contributed by atoms with Crippen molar-refractivity contribution >= 4 is 22.6 Å². The van der Waals surface area contributed by atoms with Crippen molar-refractivity contribution in [2.45, 2.75) is 12.2 Å². The maximum absolute atomic E-state index is 12.5. The standard InChI is InChI=1S/C10H7ClF3NO/c11-9-7(8(15)10(12,13)14)5-3-1-2-4-6(5)16-9/h1-4,8H,15H2. The van der Waals surface area contributed by atoms with Gasteiger partial charge in [0.1, 0.15) is 11.6 Å². The number of hydrogen-bond acceptors (Lipinski definition) is 2. The number of alkyl halides is 3.